The Labute approximate surface area is 165 Å². The van der Waals surface area contributed by atoms with Crippen LogP contribution in [0.5, 0.6) is 17.2 Å². The van der Waals surface area contributed by atoms with Crippen molar-refractivity contribution in [1.29, 1.82) is 0 Å². The normalized spacial score (nSPS) is 11.0. The molecular weight excluding hydrogens is 382 g/mol. The smallest absolute Gasteiger partial charge is 0.220 e. The number of carbonyl (C=O) groups excluding carboxylic acids is 1. The third-order valence-corrected chi connectivity index (χ3v) is 5.16. The van der Waals surface area contributed by atoms with Crippen molar-refractivity contribution in [1.82, 2.24) is 5.32 Å². The lowest BCUT2D eigenvalue weighted by molar-refractivity contribution is -0.121. The fourth-order valence-electron chi connectivity index (χ4n) is 2.51. The molecule has 7 nitrogen and oxygen atoms in total. The summed E-state index contributed by atoms with van der Waals surface area (Å²) in [7, 11) is -0.0616. The minimum atomic E-state index is -3.22. The lowest BCUT2D eigenvalue weighted by Gasteiger charge is -2.11. The predicted molar refractivity (Wildman–Crippen MR) is 106 cm³/mol. The Morgan fingerprint density at radius 3 is 2.29 bits per heavy atom. The molecular formula is C20H25NO6S. The van der Waals surface area contributed by atoms with Gasteiger partial charge in [0.2, 0.25) is 5.91 Å². The molecule has 0 unspecified atom stereocenters. The highest BCUT2D eigenvalue weighted by atomic mass is 32.2. The highest BCUT2D eigenvalue weighted by Crippen LogP contribution is 2.23. The van der Waals surface area contributed by atoms with Crippen LogP contribution in [0.1, 0.15) is 18.4 Å². The molecule has 0 saturated heterocycles. The number of methoxy groups -OCH3 is 2. The zero-order chi connectivity index (χ0) is 20.6. The van der Waals surface area contributed by atoms with Crippen molar-refractivity contribution in [3.8, 4) is 17.2 Å². The molecule has 0 atom stereocenters. The van der Waals surface area contributed by atoms with E-state index in [2.05, 4.69) is 5.32 Å². The summed E-state index contributed by atoms with van der Waals surface area (Å²) in [6.45, 7) is 0.696. The zero-order valence-electron chi connectivity index (χ0n) is 16.2. The van der Waals surface area contributed by atoms with E-state index in [0.29, 0.717) is 43.2 Å². The van der Waals surface area contributed by atoms with Crippen LogP contribution in [0, 0.1) is 0 Å². The number of sulfone groups is 1. The quantitative estimate of drug-likeness (QED) is 0.609. The molecule has 152 valence electrons. The van der Waals surface area contributed by atoms with Gasteiger partial charge in [0.05, 0.1) is 25.7 Å². The monoisotopic (exact) mass is 407 g/mol. The van der Waals surface area contributed by atoms with Crippen molar-refractivity contribution in [2.75, 3.05) is 27.1 Å². The second-order valence-electron chi connectivity index (χ2n) is 6.15. The lowest BCUT2D eigenvalue weighted by Crippen LogP contribution is -2.23. The first-order valence-electron chi connectivity index (χ1n) is 8.74. The molecule has 0 aliphatic heterocycles. The molecule has 28 heavy (non-hydrogen) atoms. The zero-order valence-corrected chi connectivity index (χ0v) is 17.0. The SMILES string of the molecule is COc1ccc(OC)c(CNC(=O)CCCOc2ccc(S(C)(=O)=O)cc2)c1. The summed E-state index contributed by atoms with van der Waals surface area (Å²) in [5.41, 5.74) is 0.831. The van der Waals surface area contributed by atoms with Crippen LogP contribution < -0.4 is 19.5 Å². The van der Waals surface area contributed by atoms with Gasteiger partial charge in [-0.3, -0.25) is 4.79 Å². The standard InChI is InChI=1S/C20H25NO6S/c1-25-17-8-11-19(26-2)15(13-17)14-21-20(22)5-4-12-27-16-6-9-18(10-7-16)28(3,23)24/h6-11,13H,4-5,12,14H2,1-3H3,(H,21,22). The van der Waals surface area contributed by atoms with Crippen molar-refractivity contribution < 1.29 is 27.4 Å². The van der Waals surface area contributed by atoms with E-state index in [1.165, 1.54) is 12.1 Å². The summed E-state index contributed by atoms with van der Waals surface area (Å²) >= 11 is 0. The maximum atomic E-state index is 12.0. The lowest BCUT2D eigenvalue weighted by atomic mass is 10.2. The fourth-order valence-corrected chi connectivity index (χ4v) is 3.14. The van der Waals surface area contributed by atoms with Gasteiger partial charge in [-0.25, -0.2) is 8.42 Å². The highest BCUT2D eigenvalue weighted by molar-refractivity contribution is 7.90. The Bertz CT molecular complexity index is 893. The minimum Gasteiger partial charge on any atom is -0.497 e. The molecule has 0 aromatic heterocycles. The van der Waals surface area contributed by atoms with Crippen LogP contribution >= 0.6 is 0 Å². The molecule has 1 amide bonds. The maximum Gasteiger partial charge on any atom is 0.220 e. The molecule has 0 aliphatic carbocycles. The Kier molecular flexibility index (Phi) is 7.69. The number of benzene rings is 2. The predicted octanol–water partition coefficient (Wildman–Crippen LogP) is 2.58. The van der Waals surface area contributed by atoms with Crippen molar-refractivity contribution in [3.05, 3.63) is 48.0 Å². The number of carbonyl (C=O) groups is 1. The molecule has 2 rings (SSSR count). The first kappa shape index (κ1) is 21.6. The highest BCUT2D eigenvalue weighted by Gasteiger charge is 2.08. The van der Waals surface area contributed by atoms with Crippen LogP contribution in [-0.4, -0.2) is 41.4 Å². The molecule has 2 aromatic rings. The van der Waals surface area contributed by atoms with Gasteiger partial charge >= 0.3 is 0 Å². The summed E-state index contributed by atoms with van der Waals surface area (Å²) < 4.78 is 38.9. The summed E-state index contributed by atoms with van der Waals surface area (Å²) in [4.78, 5) is 12.3. The topological polar surface area (TPSA) is 90.9 Å². The van der Waals surface area contributed by atoms with E-state index in [4.69, 9.17) is 14.2 Å². The van der Waals surface area contributed by atoms with Crippen LogP contribution in [0.25, 0.3) is 0 Å². The van der Waals surface area contributed by atoms with E-state index in [1.54, 1.807) is 38.5 Å². The Morgan fingerprint density at radius 2 is 1.68 bits per heavy atom. The van der Waals surface area contributed by atoms with Gasteiger partial charge in [-0.15, -0.1) is 0 Å². The van der Waals surface area contributed by atoms with E-state index >= 15 is 0 Å². The van der Waals surface area contributed by atoms with Crippen LogP contribution in [0.4, 0.5) is 0 Å². The number of nitrogens with one attached hydrogen (secondary N) is 1. The van der Waals surface area contributed by atoms with Crippen LogP contribution in [0.15, 0.2) is 47.4 Å². The first-order chi connectivity index (χ1) is 13.3. The number of hydrogen-bond acceptors (Lipinski definition) is 6. The van der Waals surface area contributed by atoms with Gasteiger partial charge in [0.15, 0.2) is 9.84 Å². The molecule has 2 aromatic carbocycles. The third kappa shape index (κ3) is 6.45. The van der Waals surface area contributed by atoms with E-state index in [1.807, 2.05) is 6.07 Å². The van der Waals surface area contributed by atoms with E-state index < -0.39 is 9.84 Å². The van der Waals surface area contributed by atoms with E-state index in [9.17, 15) is 13.2 Å². The molecule has 0 spiro atoms. The van der Waals surface area contributed by atoms with Gasteiger partial charge in [0.25, 0.3) is 0 Å². The Balaban J connectivity index is 1.75. The van der Waals surface area contributed by atoms with E-state index in [0.717, 1.165) is 11.8 Å². The van der Waals surface area contributed by atoms with Crippen LogP contribution in [0.2, 0.25) is 0 Å². The summed E-state index contributed by atoms with van der Waals surface area (Å²) in [5.74, 6) is 1.84. The van der Waals surface area contributed by atoms with Crippen molar-refractivity contribution in [2.24, 2.45) is 0 Å². The first-order valence-corrected chi connectivity index (χ1v) is 10.6. The van der Waals surface area contributed by atoms with Gasteiger partial charge in [0, 0.05) is 24.8 Å². The molecule has 0 bridgehead atoms. The Morgan fingerprint density at radius 1 is 1.00 bits per heavy atom. The second-order valence-corrected chi connectivity index (χ2v) is 8.17. The van der Waals surface area contributed by atoms with E-state index in [-0.39, 0.29) is 10.8 Å². The molecule has 1 N–H and O–H groups in total. The average molecular weight is 407 g/mol. The number of ether oxygens (including phenoxy) is 3. The molecule has 8 heteroatoms. The van der Waals surface area contributed by atoms with Gasteiger partial charge in [-0.1, -0.05) is 0 Å². The molecule has 0 heterocycles. The molecule has 0 aliphatic rings. The Hall–Kier alpha value is -2.74. The van der Waals surface area contributed by atoms with Crippen molar-refractivity contribution in [2.45, 2.75) is 24.3 Å². The van der Waals surface area contributed by atoms with Crippen LogP contribution in [0.3, 0.4) is 0 Å². The second kappa shape index (κ2) is 9.98. The molecule has 0 saturated carbocycles. The number of hydrogen-bond donors (Lipinski definition) is 1. The summed E-state index contributed by atoms with van der Waals surface area (Å²) in [5, 5.41) is 2.85. The van der Waals surface area contributed by atoms with Crippen molar-refractivity contribution in [3.63, 3.8) is 0 Å². The molecule has 0 fully saturated rings. The fraction of sp³-hybridized carbons (Fsp3) is 0.350. The van der Waals surface area contributed by atoms with Gasteiger partial charge in [-0.2, -0.15) is 0 Å². The van der Waals surface area contributed by atoms with Crippen molar-refractivity contribution >= 4 is 15.7 Å². The molecule has 0 radical (unpaired) electrons. The minimum absolute atomic E-state index is 0.0964. The third-order valence-electron chi connectivity index (χ3n) is 4.03. The number of rotatable bonds is 10. The average Bonchev–Trinajstić information content (AvgIpc) is 2.69. The van der Waals surface area contributed by atoms with Gasteiger partial charge in [0.1, 0.15) is 17.2 Å². The van der Waals surface area contributed by atoms with Gasteiger partial charge in [-0.05, 0) is 48.9 Å². The van der Waals surface area contributed by atoms with Gasteiger partial charge < -0.3 is 19.5 Å². The largest absolute Gasteiger partial charge is 0.497 e. The maximum absolute atomic E-state index is 12.0. The number of amides is 1. The summed E-state index contributed by atoms with van der Waals surface area (Å²) in [6.07, 6.45) is 2.01. The summed E-state index contributed by atoms with van der Waals surface area (Å²) in [6, 6.07) is 11.6. The van der Waals surface area contributed by atoms with Crippen LogP contribution in [-0.2, 0) is 21.2 Å².